The Morgan fingerprint density at radius 2 is 1.90 bits per heavy atom. The van der Waals surface area contributed by atoms with Gasteiger partial charge in [-0.3, -0.25) is 4.99 Å². The molecule has 1 aromatic carbocycles. The molecule has 0 spiro atoms. The Bertz CT molecular complexity index is 1090. The largest absolute Gasteiger partial charge is 0.303 e. The van der Waals surface area contributed by atoms with E-state index in [1.807, 2.05) is 6.21 Å². The van der Waals surface area contributed by atoms with E-state index in [4.69, 9.17) is 9.98 Å². The molecule has 2 aliphatic heterocycles. The fourth-order valence-electron chi connectivity index (χ4n) is 5.79. The number of nitrogens with zero attached hydrogens (tertiary/aromatic N) is 3. The van der Waals surface area contributed by atoms with Gasteiger partial charge >= 0.3 is 0 Å². The van der Waals surface area contributed by atoms with Crippen molar-refractivity contribution in [3.8, 4) is 11.3 Å². The monoisotopic (exact) mass is 395 g/mol. The molecule has 2 unspecified atom stereocenters. The van der Waals surface area contributed by atoms with Crippen LogP contribution in [0.15, 0.2) is 59.6 Å². The Morgan fingerprint density at radius 1 is 1.03 bits per heavy atom. The third kappa shape index (κ3) is 3.07. The van der Waals surface area contributed by atoms with Gasteiger partial charge in [0, 0.05) is 23.7 Å². The summed E-state index contributed by atoms with van der Waals surface area (Å²) in [5, 5.41) is 2.41. The van der Waals surface area contributed by atoms with Gasteiger partial charge < -0.3 is 4.90 Å². The molecule has 2 aromatic rings. The lowest BCUT2D eigenvalue weighted by Gasteiger charge is -2.51. The Hall–Kier alpha value is -2.52. The van der Waals surface area contributed by atoms with Crippen LogP contribution >= 0.6 is 0 Å². The minimum Gasteiger partial charge on any atom is -0.303 e. The summed E-state index contributed by atoms with van der Waals surface area (Å²) in [6.45, 7) is 3.91. The maximum atomic E-state index is 5.11. The number of aliphatic imine (C=N–C) groups is 1. The third-order valence-corrected chi connectivity index (χ3v) is 7.75. The zero-order valence-electron chi connectivity index (χ0n) is 17.5. The predicted molar refractivity (Wildman–Crippen MR) is 124 cm³/mol. The van der Waals surface area contributed by atoms with Gasteiger partial charge in [0.2, 0.25) is 0 Å². The van der Waals surface area contributed by atoms with Crippen molar-refractivity contribution in [2.45, 2.75) is 31.7 Å². The molecule has 3 heteroatoms. The molecule has 0 bridgehead atoms. The molecule has 1 aromatic heterocycles. The van der Waals surface area contributed by atoms with Gasteiger partial charge in [0.1, 0.15) is 0 Å². The SMILES string of the molecule is C1=CC(C2(C3CC(CN4CCC4)C3)C=c3nc(-c4ccccc4)ccc3=CC2)N=C1. The smallest absolute Gasteiger partial charge is 0.0780 e. The maximum absolute atomic E-state index is 5.11. The number of hydrogen-bond acceptors (Lipinski definition) is 3. The second-order valence-electron chi connectivity index (χ2n) is 9.52. The average molecular weight is 396 g/mol. The van der Waals surface area contributed by atoms with Gasteiger partial charge in [0.05, 0.1) is 17.1 Å². The van der Waals surface area contributed by atoms with Gasteiger partial charge in [-0.2, -0.15) is 0 Å². The molecule has 2 aliphatic carbocycles. The number of fused-ring (bicyclic) bond motifs is 1. The summed E-state index contributed by atoms with van der Waals surface area (Å²) in [4.78, 5) is 12.6. The lowest BCUT2D eigenvalue weighted by atomic mass is 9.55. The molecule has 6 rings (SSSR count). The summed E-state index contributed by atoms with van der Waals surface area (Å²) >= 11 is 0. The third-order valence-electron chi connectivity index (χ3n) is 7.75. The fourth-order valence-corrected chi connectivity index (χ4v) is 5.79. The van der Waals surface area contributed by atoms with Crippen LogP contribution in [0, 0.1) is 17.3 Å². The first-order valence-corrected chi connectivity index (χ1v) is 11.5. The van der Waals surface area contributed by atoms with Crippen LogP contribution in [0.5, 0.6) is 0 Å². The average Bonchev–Trinajstić information content (AvgIpc) is 3.27. The van der Waals surface area contributed by atoms with E-state index in [1.165, 1.54) is 49.7 Å². The van der Waals surface area contributed by atoms with Crippen LogP contribution in [-0.4, -0.2) is 41.8 Å². The molecule has 3 heterocycles. The van der Waals surface area contributed by atoms with Crippen molar-refractivity contribution in [1.29, 1.82) is 0 Å². The first kappa shape index (κ1) is 18.3. The molecular formula is C27H29N3. The highest BCUT2D eigenvalue weighted by atomic mass is 15.2. The summed E-state index contributed by atoms with van der Waals surface area (Å²) in [6, 6.07) is 15.2. The molecule has 1 saturated carbocycles. The van der Waals surface area contributed by atoms with Crippen molar-refractivity contribution in [3.63, 3.8) is 0 Å². The standard InChI is InChI=1S/C27H29N3/c1-2-6-21(7-3-1)24-10-9-22-11-12-27(18-25(22)29-24,26-8-4-13-28-26)23-16-20(17-23)19-30-14-5-15-30/h1-4,6-11,13,18,20,23,26H,5,12,14-17,19H2. The first-order chi connectivity index (χ1) is 14.8. The van der Waals surface area contributed by atoms with Crippen LogP contribution in [0.1, 0.15) is 25.7 Å². The molecule has 0 radical (unpaired) electrons. The van der Waals surface area contributed by atoms with Gasteiger partial charge in [0.15, 0.2) is 0 Å². The second-order valence-corrected chi connectivity index (χ2v) is 9.52. The van der Waals surface area contributed by atoms with Crippen molar-refractivity contribution < 1.29 is 0 Å². The Labute approximate surface area is 178 Å². The topological polar surface area (TPSA) is 28.5 Å². The summed E-state index contributed by atoms with van der Waals surface area (Å²) in [5.41, 5.74) is 2.32. The van der Waals surface area contributed by atoms with Crippen molar-refractivity contribution >= 4 is 18.4 Å². The lowest BCUT2D eigenvalue weighted by molar-refractivity contribution is 0.0353. The van der Waals surface area contributed by atoms with Crippen molar-refractivity contribution in [1.82, 2.24) is 9.88 Å². The molecule has 1 saturated heterocycles. The normalized spacial score (nSPS) is 31.9. The van der Waals surface area contributed by atoms with E-state index in [1.54, 1.807) is 0 Å². The van der Waals surface area contributed by atoms with Crippen LogP contribution in [0.2, 0.25) is 0 Å². The fraction of sp³-hybridized carbons (Fsp3) is 0.407. The number of allylic oxidation sites excluding steroid dienone is 1. The van der Waals surface area contributed by atoms with Crippen molar-refractivity contribution in [2.24, 2.45) is 22.2 Å². The van der Waals surface area contributed by atoms with E-state index in [0.29, 0.717) is 5.92 Å². The van der Waals surface area contributed by atoms with Crippen LogP contribution < -0.4 is 10.6 Å². The minimum absolute atomic E-state index is 0.0737. The number of aromatic nitrogens is 1. The van der Waals surface area contributed by atoms with Crippen LogP contribution in [0.4, 0.5) is 0 Å². The van der Waals surface area contributed by atoms with E-state index in [9.17, 15) is 0 Å². The number of benzene rings is 1. The van der Waals surface area contributed by atoms with E-state index < -0.39 is 0 Å². The molecule has 30 heavy (non-hydrogen) atoms. The molecule has 2 atom stereocenters. The molecule has 2 fully saturated rings. The van der Waals surface area contributed by atoms with Gasteiger partial charge in [-0.15, -0.1) is 0 Å². The molecule has 0 amide bonds. The highest BCUT2D eigenvalue weighted by molar-refractivity contribution is 5.75. The Balaban J connectivity index is 1.35. The van der Waals surface area contributed by atoms with E-state index in [2.05, 4.69) is 71.7 Å². The summed E-state index contributed by atoms with van der Waals surface area (Å²) in [5.74, 6) is 1.56. The van der Waals surface area contributed by atoms with Gasteiger partial charge in [0.25, 0.3) is 0 Å². The van der Waals surface area contributed by atoms with E-state index >= 15 is 0 Å². The van der Waals surface area contributed by atoms with E-state index in [0.717, 1.165) is 23.4 Å². The number of pyridine rings is 1. The number of hydrogen-bond donors (Lipinski definition) is 0. The predicted octanol–water partition coefficient (Wildman–Crippen LogP) is 3.44. The maximum Gasteiger partial charge on any atom is 0.0780 e. The quantitative estimate of drug-likeness (QED) is 0.776. The Kier molecular flexibility index (Phi) is 4.45. The lowest BCUT2D eigenvalue weighted by Crippen LogP contribution is -2.51. The molecule has 3 nitrogen and oxygen atoms in total. The van der Waals surface area contributed by atoms with Crippen LogP contribution in [0.25, 0.3) is 23.4 Å². The summed E-state index contributed by atoms with van der Waals surface area (Å²) in [6.07, 6.45) is 16.4. The van der Waals surface area contributed by atoms with Crippen LogP contribution in [-0.2, 0) is 0 Å². The second kappa shape index (κ2) is 7.31. The van der Waals surface area contributed by atoms with Crippen molar-refractivity contribution in [3.05, 3.63) is 65.2 Å². The Morgan fingerprint density at radius 3 is 2.63 bits per heavy atom. The zero-order valence-corrected chi connectivity index (χ0v) is 17.5. The molecule has 152 valence electrons. The molecular weight excluding hydrogens is 366 g/mol. The van der Waals surface area contributed by atoms with Gasteiger partial charge in [-0.1, -0.05) is 48.6 Å². The highest BCUT2D eigenvalue weighted by Crippen LogP contribution is 2.53. The van der Waals surface area contributed by atoms with Gasteiger partial charge in [-0.05, 0) is 74.0 Å². The highest BCUT2D eigenvalue weighted by Gasteiger charge is 2.49. The summed E-state index contributed by atoms with van der Waals surface area (Å²) in [7, 11) is 0. The zero-order chi connectivity index (χ0) is 20.0. The first-order valence-electron chi connectivity index (χ1n) is 11.5. The van der Waals surface area contributed by atoms with Crippen LogP contribution in [0.3, 0.4) is 0 Å². The van der Waals surface area contributed by atoms with E-state index in [-0.39, 0.29) is 11.5 Å². The molecule has 0 N–H and O–H groups in total. The minimum atomic E-state index is 0.0737. The number of rotatable bonds is 5. The van der Waals surface area contributed by atoms with Gasteiger partial charge in [-0.25, -0.2) is 4.98 Å². The molecule has 4 aliphatic rings. The summed E-state index contributed by atoms with van der Waals surface area (Å²) < 4.78 is 0. The number of likely N-dealkylation sites (tertiary alicyclic amines) is 1. The van der Waals surface area contributed by atoms with Crippen molar-refractivity contribution in [2.75, 3.05) is 19.6 Å².